The maximum atomic E-state index is 12.0. The first-order chi connectivity index (χ1) is 12.1. The van der Waals surface area contributed by atoms with Gasteiger partial charge in [0.25, 0.3) is 0 Å². The van der Waals surface area contributed by atoms with E-state index in [2.05, 4.69) is 10.6 Å². The van der Waals surface area contributed by atoms with Crippen LogP contribution in [0.15, 0.2) is 47.1 Å². The minimum Gasteiger partial charge on any atom is -0.493 e. The predicted molar refractivity (Wildman–Crippen MR) is 92.8 cm³/mol. The van der Waals surface area contributed by atoms with Gasteiger partial charge in [0.1, 0.15) is 17.6 Å². The molecule has 2 amide bonds. The molecule has 0 fully saturated rings. The summed E-state index contributed by atoms with van der Waals surface area (Å²) in [5.74, 6) is 0.973. The molecule has 0 unspecified atom stereocenters. The summed E-state index contributed by atoms with van der Waals surface area (Å²) in [5, 5.41) is 5.35. The van der Waals surface area contributed by atoms with Crippen LogP contribution in [-0.4, -0.2) is 24.5 Å². The van der Waals surface area contributed by atoms with Crippen molar-refractivity contribution in [2.24, 2.45) is 0 Å². The zero-order chi connectivity index (χ0) is 17.6. The number of ether oxygens (including phenoxy) is 1. The lowest BCUT2D eigenvalue weighted by Crippen LogP contribution is -2.44. The summed E-state index contributed by atoms with van der Waals surface area (Å²) < 4.78 is 10.6. The van der Waals surface area contributed by atoms with Gasteiger partial charge in [0.2, 0.25) is 11.8 Å². The van der Waals surface area contributed by atoms with Gasteiger partial charge in [-0.05, 0) is 48.4 Å². The molecule has 6 heteroatoms. The van der Waals surface area contributed by atoms with Crippen molar-refractivity contribution >= 4 is 17.9 Å². The van der Waals surface area contributed by atoms with Crippen molar-refractivity contribution in [1.29, 1.82) is 0 Å². The van der Waals surface area contributed by atoms with Crippen LogP contribution in [0.3, 0.4) is 0 Å². The van der Waals surface area contributed by atoms with Crippen LogP contribution in [0, 0.1) is 0 Å². The molecule has 0 spiro atoms. The van der Waals surface area contributed by atoms with E-state index in [0.29, 0.717) is 18.9 Å². The Morgan fingerprint density at radius 1 is 1.32 bits per heavy atom. The molecule has 1 aliphatic rings. The number of rotatable bonds is 6. The number of amides is 2. The van der Waals surface area contributed by atoms with Crippen molar-refractivity contribution in [1.82, 2.24) is 10.6 Å². The fraction of sp³-hybridized carbons (Fsp3) is 0.263. The molecule has 3 rings (SSSR count). The van der Waals surface area contributed by atoms with Crippen LogP contribution >= 0.6 is 0 Å². The van der Waals surface area contributed by atoms with Crippen molar-refractivity contribution in [3.63, 3.8) is 0 Å². The molecule has 0 saturated carbocycles. The second-order valence-electron chi connectivity index (χ2n) is 5.83. The smallest absolute Gasteiger partial charge is 0.244 e. The molecule has 0 radical (unpaired) electrons. The fourth-order valence-electron chi connectivity index (χ4n) is 2.55. The van der Waals surface area contributed by atoms with Crippen LogP contribution in [0.25, 0.3) is 6.08 Å². The highest BCUT2D eigenvalue weighted by Gasteiger charge is 2.14. The van der Waals surface area contributed by atoms with Crippen molar-refractivity contribution in [3.8, 4) is 5.75 Å². The highest BCUT2D eigenvalue weighted by Crippen LogP contribution is 2.26. The number of benzene rings is 1. The Bertz CT molecular complexity index is 781. The van der Waals surface area contributed by atoms with Gasteiger partial charge in [0, 0.05) is 12.5 Å². The number of hydrogen-bond donors (Lipinski definition) is 2. The standard InChI is InChI=1S/C19H20N2O4/c1-13(19(23)20-12-16-3-2-9-24-16)21-18(22)7-5-14-4-6-17-15(11-14)8-10-25-17/h2-7,9,11,13H,8,10,12H2,1H3,(H,20,23)(H,21,22)/b7-5-/t13-/m1/s1. The molecule has 1 aliphatic heterocycles. The lowest BCUT2D eigenvalue weighted by Gasteiger charge is -2.12. The molecular weight excluding hydrogens is 320 g/mol. The largest absolute Gasteiger partial charge is 0.493 e. The Hall–Kier alpha value is -3.02. The van der Waals surface area contributed by atoms with Gasteiger partial charge in [-0.25, -0.2) is 0 Å². The van der Waals surface area contributed by atoms with Gasteiger partial charge in [-0.3, -0.25) is 9.59 Å². The predicted octanol–water partition coefficient (Wildman–Crippen LogP) is 2.05. The second kappa shape index (κ2) is 7.70. The molecule has 0 bridgehead atoms. The van der Waals surface area contributed by atoms with Gasteiger partial charge in [-0.1, -0.05) is 6.07 Å². The fourth-order valence-corrected chi connectivity index (χ4v) is 2.55. The van der Waals surface area contributed by atoms with Gasteiger partial charge in [-0.2, -0.15) is 0 Å². The lowest BCUT2D eigenvalue weighted by atomic mass is 10.1. The molecule has 1 atom stereocenters. The summed E-state index contributed by atoms with van der Waals surface area (Å²) in [6.45, 7) is 2.63. The molecule has 0 aliphatic carbocycles. The number of carbonyl (C=O) groups is 2. The summed E-state index contributed by atoms with van der Waals surface area (Å²) in [7, 11) is 0. The van der Waals surface area contributed by atoms with Gasteiger partial charge >= 0.3 is 0 Å². The van der Waals surface area contributed by atoms with E-state index < -0.39 is 6.04 Å². The highest BCUT2D eigenvalue weighted by molar-refractivity contribution is 5.95. The first kappa shape index (κ1) is 16.8. The molecule has 2 N–H and O–H groups in total. The molecule has 0 saturated heterocycles. The molecule has 25 heavy (non-hydrogen) atoms. The van der Waals surface area contributed by atoms with Gasteiger partial charge in [0.15, 0.2) is 0 Å². The normalized spacial score (nSPS) is 14.0. The van der Waals surface area contributed by atoms with Gasteiger partial charge < -0.3 is 19.8 Å². The average molecular weight is 340 g/mol. The summed E-state index contributed by atoms with van der Waals surface area (Å²) in [5.41, 5.74) is 2.07. The van der Waals surface area contributed by atoms with E-state index in [0.717, 1.165) is 23.3 Å². The Labute approximate surface area is 145 Å². The minimum atomic E-state index is -0.638. The molecule has 130 valence electrons. The van der Waals surface area contributed by atoms with Crippen molar-refractivity contribution in [2.45, 2.75) is 25.9 Å². The first-order valence-corrected chi connectivity index (χ1v) is 8.16. The monoisotopic (exact) mass is 340 g/mol. The Morgan fingerprint density at radius 3 is 3.00 bits per heavy atom. The summed E-state index contributed by atoms with van der Waals surface area (Å²) in [6, 6.07) is 8.70. The number of hydrogen-bond acceptors (Lipinski definition) is 4. The van der Waals surface area contributed by atoms with Crippen molar-refractivity contribution in [2.75, 3.05) is 6.61 Å². The molecule has 2 aromatic rings. The second-order valence-corrected chi connectivity index (χ2v) is 5.83. The van der Waals surface area contributed by atoms with E-state index in [1.807, 2.05) is 18.2 Å². The Morgan fingerprint density at radius 2 is 2.20 bits per heavy atom. The molecule has 1 aromatic heterocycles. The van der Waals surface area contributed by atoms with Crippen LogP contribution in [0.2, 0.25) is 0 Å². The van der Waals surface area contributed by atoms with Crippen molar-refractivity contribution in [3.05, 3.63) is 59.6 Å². The summed E-state index contributed by atoms with van der Waals surface area (Å²) >= 11 is 0. The van der Waals surface area contributed by atoms with E-state index in [1.165, 1.54) is 6.08 Å². The molecule has 6 nitrogen and oxygen atoms in total. The molecular formula is C19H20N2O4. The van der Waals surface area contributed by atoms with E-state index in [4.69, 9.17) is 9.15 Å². The van der Waals surface area contributed by atoms with Crippen LogP contribution in [0.4, 0.5) is 0 Å². The van der Waals surface area contributed by atoms with Gasteiger partial charge in [0.05, 0.1) is 19.4 Å². The number of nitrogens with one attached hydrogen (secondary N) is 2. The number of carbonyl (C=O) groups excluding carboxylic acids is 2. The van der Waals surface area contributed by atoms with E-state index >= 15 is 0 Å². The number of furan rings is 1. The summed E-state index contributed by atoms with van der Waals surface area (Å²) in [6.07, 6.45) is 5.58. The Balaban J connectivity index is 1.48. The number of fused-ring (bicyclic) bond motifs is 1. The maximum Gasteiger partial charge on any atom is 0.244 e. The SMILES string of the molecule is C[C@@H](NC(=O)/C=C\c1ccc2c(c1)CCO2)C(=O)NCc1ccco1. The highest BCUT2D eigenvalue weighted by atomic mass is 16.5. The zero-order valence-electron chi connectivity index (χ0n) is 14.0. The third kappa shape index (κ3) is 4.50. The maximum absolute atomic E-state index is 12.0. The minimum absolute atomic E-state index is 0.271. The zero-order valence-corrected chi connectivity index (χ0v) is 14.0. The van der Waals surface area contributed by atoms with Gasteiger partial charge in [-0.15, -0.1) is 0 Å². The van der Waals surface area contributed by atoms with Crippen LogP contribution < -0.4 is 15.4 Å². The van der Waals surface area contributed by atoms with Crippen LogP contribution in [0.5, 0.6) is 5.75 Å². The van der Waals surface area contributed by atoms with Crippen LogP contribution in [0.1, 0.15) is 23.8 Å². The van der Waals surface area contributed by atoms with E-state index in [-0.39, 0.29) is 11.8 Å². The van der Waals surface area contributed by atoms with E-state index in [9.17, 15) is 9.59 Å². The Kier molecular flexibility index (Phi) is 5.18. The topological polar surface area (TPSA) is 80.6 Å². The lowest BCUT2D eigenvalue weighted by molar-refractivity contribution is -0.126. The van der Waals surface area contributed by atoms with Crippen molar-refractivity contribution < 1.29 is 18.7 Å². The van der Waals surface area contributed by atoms with E-state index in [1.54, 1.807) is 31.4 Å². The van der Waals surface area contributed by atoms with Crippen LogP contribution in [-0.2, 0) is 22.6 Å². The third-order valence-electron chi connectivity index (χ3n) is 3.91. The molecule has 1 aromatic carbocycles. The third-order valence-corrected chi connectivity index (χ3v) is 3.91. The quantitative estimate of drug-likeness (QED) is 0.789. The average Bonchev–Trinajstić information content (AvgIpc) is 3.28. The molecule has 2 heterocycles. The summed E-state index contributed by atoms with van der Waals surface area (Å²) in [4.78, 5) is 23.9. The first-order valence-electron chi connectivity index (χ1n) is 8.16.